The summed E-state index contributed by atoms with van der Waals surface area (Å²) in [7, 11) is -4.32. The number of rotatable bonds is 2. The molecule has 2 aromatic carbocycles. The van der Waals surface area contributed by atoms with E-state index in [2.05, 4.69) is 0 Å². The molecule has 8 heteroatoms. The summed E-state index contributed by atoms with van der Waals surface area (Å²) in [6, 6.07) is 4.86. The Kier molecular flexibility index (Phi) is 4.01. The van der Waals surface area contributed by atoms with E-state index in [1.807, 2.05) is 0 Å². The van der Waals surface area contributed by atoms with Gasteiger partial charge in [0.05, 0.1) is 5.69 Å². The molecule has 0 saturated heterocycles. The van der Waals surface area contributed by atoms with Crippen molar-refractivity contribution in [3.8, 4) is 0 Å². The van der Waals surface area contributed by atoms with Crippen LogP contribution < -0.4 is 4.31 Å². The zero-order valence-corrected chi connectivity index (χ0v) is 13.3. The van der Waals surface area contributed by atoms with Gasteiger partial charge in [0.15, 0.2) is 5.82 Å². The Labute approximate surface area is 136 Å². The van der Waals surface area contributed by atoms with Gasteiger partial charge in [-0.25, -0.2) is 21.6 Å². The lowest BCUT2D eigenvalue weighted by Gasteiger charge is -2.30. The number of sulfonamides is 1. The fraction of sp³-hybridized carbons (Fsp3) is 0.200. The van der Waals surface area contributed by atoms with E-state index >= 15 is 0 Å². The van der Waals surface area contributed by atoms with Crippen molar-refractivity contribution in [2.75, 3.05) is 10.8 Å². The van der Waals surface area contributed by atoms with Crippen LogP contribution in [0, 0.1) is 17.5 Å². The van der Waals surface area contributed by atoms with Gasteiger partial charge in [-0.1, -0.05) is 11.6 Å². The molecule has 1 aliphatic rings. The molecule has 0 aliphatic carbocycles. The third-order valence-corrected chi connectivity index (χ3v) is 5.69. The highest BCUT2D eigenvalue weighted by Gasteiger charge is 2.33. The molecule has 0 amide bonds. The van der Waals surface area contributed by atoms with E-state index in [1.165, 1.54) is 6.07 Å². The Bertz CT molecular complexity index is 887. The lowest BCUT2D eigenvalue weighted by molar-refractivity contribution is 0.550. The number of benzene rings is 2. The van der Waals surface area contributed by atoms with Gasteiger partial charge in [0, 0.05) is 17.6 Å². The summed E-state index contributed by atoms with van der Waals surface area (Å²) in [5.74, 6) is -2.79. The Morgan fingerprint density at radius 3 is 2.48 bits per heavy atom. The minimum absolute atomic E-state index is 0.0139. The van der Waals surface area contributed by atoms with E-state index in [4.69, 9.17) is 11.6 Å². The number of nitrogens with zero attached hydrogens (tertiary/aromatic N) is 1. The molecule has 1 aliphatic heterocycles. The average Bonchev–Trinajstić information content (AvgIpc) is 2.45. The van der Waals surface area contributed by atoms with Crippen molar-refractivity contribution in [3.05, 3.63) is 58.4 Å². The smallest absolute Gasteiger partial charge is 0.263 e. The van der Waals surface area contributed by atoms with E-state index < -0.39 is 32.4 Å². The first-order valence-electron chi connectivity index (χ1n) is 6.76. The Morgan fingerprint density at radius 2 is 1.78 bits per heavy atom. The highest BCUT2D eigenvalue weighted by atomic mass is 35.5. The number of anilines is 1. The molecule has 0 N–H and O–H groups in total. The molecule has 0 bridgehead atoms. The van der Waals surface area contributed by atoms with E-state index in [0.29, 0.717) is 18.9 Å². The minimum Gasteiger partial charge on any atom is -0.263 e. The Balaban J connectivity index is 2.17. The number of aryl methyl sites for hydroxylation is 1. The number of halogens is 4. The van der Waals surface area contributed by atoms with Gasteiger partial charge in [0.25, 0.3) is 10.0 Å². The monoisotopic (exact) mass is 361 g/mol. The fourth-order valence-corrected chi connectivity index (χ4v) is 4.41. The largest absolute Gasteiger partial charge is 0.267 e. The SMILES string of the molecule is O=S(=O)(c1ccc(Cl)cc1F)N1CCCc2cc(F)cc(F)c21. The fourth-order valence-electron chi connectivity index (χ4n) is 2.66. The second-order valence-corrected chi connectivity index (χ2v) is 7.42. The molecule has 3 nitrogen and oxygen atoms in total. The Hall–Kier alpha value is -1.73. The molecule has 122 valence electrons. The van der Waals surface area contributed by atoms with Crippen LogP contribution in [0.4, 0.5) is 18.9 Å². The lowest BCUT2D eigenvalue weighted by Crippen LogP contribution is -2.36. The summed E-state index contributed by atoms with van der Waals surface area (Å²) in [6.45, 7) is -0.0139. The summed E-state index contributed by atoms with van der Waals surface area (Å²) in [5.41, 5.74) is 0.0127. The van der Waals surface area contributed by atoms with Gasteiger partial charge < -0.3 is 0 Å². The summed E-state index contributed by atoms with van der Waals surface area (Å²) in [4.78, 5) is -0.599. The van der Waals surface area contributed by atoms with Gasteiger partial charge in [-0.05, 0) is 42.7 Å². The maximum Gasteiger partial charge on any atom is 0.267 e. The standard InChI is InChI=1S/C15H11ClF3NO2S/c16-10-3-4-14(12(18)7-10)23(21,22)20-5-1-2-9-6-11(17)8-13(19)15(9)20/h3-4,6-8H,1-2,5H2. The average molecular weight is 362 g/mol. The van der Waals surface area contributed by atoms with Crippen LogP contribution in [0.1, 0.15) is 12.0 Å². The van der Waals surface area contributed by atoms with Gasteiger partial charge in [-0.15, -0.1) is 0 Å². The minimum atomic E-state index is -4.32. The zero-order chi connectivity index (χ0) is 16.8. The summed E-state index contributed by atoms with van der Waals surface area (Å²) in [6.07, 6.45) is 0.726. The zero-order valence-electron chi connectivity index (χ0n) is 11.7. The van der Waals surface area contributed by atoms with Gasteiger partial charge in [-0.3, -0.25) is 4.31 Å². The van der Waals surface area contributed by atoms with Crippen molar-refractivity contribution in [1.29, 1.82) is 0 Å². The van der Waals surface area contributed by atoms with Gasteiger partial charge in [0.2, 0.25) is 0 Å². The molecule has 0 radical (unpaired) electrons. The molecule has 23 heavy (non-hydrogen) atoms. The van der Waals surface area contributed by atoms with Crippen LogP contribution in [-0.2, 0) is 16.4 Å². The summed E-state index contributed by atoms with van der Waals surface area (Å²) in [5, 5.41) is 0.0498. The first kappa shape index (κ1) is 16.1. The molecule has 3 rings (SSSR count). The van der Waals surface area contributed by atoms with Crippen LogP contribution in [0.5, 0.6) is 0 Å². The number of hydrogen-bond donors (Lipinski definition) is 0. The normalized spacial score (nSPS) is 14.7. The topological polar surface area (TPSA) is 37.4 Å². The second-order valence-electron chi connectivity index (χ2n) is 5.15. The van der Waals surface area contributed by atoms with E-state index in [0.717, 1.165) is 22.5 Å². The molecular weight excluding hydrogens is 351 g/mol. The first-order chi connectivity index (χ1) is 10.8. The quantitative estimate of drug-likeness (QED) is 0.813. The molecule has 0 atom stereocenters. The van der Waals surface area contributed by atoms with Crippen LogP contribution in [0.15, 0.2) is 35.2 Å². The Morgan fingerprint density at radius 1 is 1.04 bits per heavy atom. The maximum atomic E-state index is 14.1. The lowest BCUT2D eigenvalue weighted by atomic mass is 10.0. The van der Waals surface area contributed by atoms with Crippen LogP contribution in [0.25, 0.3) is 0 Å². The van der Waals surface area contributed by atoms with Crippen LogP contribution in [-0.4, -0.2) is 15.0 Å². The highest BCUT2D eigenvalue weighted by molar-refractivity contribution is 7.92. The van der Waals surface area contributed by atoms with Crippen molar-refractivity contribution in [3.63, 3.8) is 0 Å². The predicted molar refractivity (Wildman–Crippen MR) is 80.6 cm³/mol. The maximum absolute atomic E-state index is 14.1. The number of hydrogen-bond acceptors (Lipinski definition) is 2. The molecule has 0 fully saturated rings. The molecule has 0 unspecified atom stereocenters. The first-order valence-corrected chi connectivity index (χ1v) is 8.58. The molecule has 0 spiro atoms. The number of fused-ring (bicyclic) bond motifs is 1. The summed E-state index contributed by atoms with van der Waals surface area (Å²) >= 11 is 5.63. The molecule has 0 saturated carbocycles. The molecular formula is C15H11ClF3NO2S. The van der Waals surface area contributed by atoms with Gasteiger partial charge in [0.1, 0.15) is 16.5 Å². The van der Waals surface area contributed by atoms with Crippen molar-refractivity contribution in [1.82, 2.24) is 0 Å². The van der Waals surface area contributed by atoms with E-state index in [1.54, 1.807) is 0 Å². The van der Waals surface area contributed by atoms with E-state index in [-0.39, 0.29) is 22.8 Å². The predicted octanol–water partition coefficient (Wildman–Crippen LogP) is 3.90. The highest BCUT2D eigenvalue weighted by Crippen LogP contribution is 2.35. The molecule has 2 aromatic rings. The second kappa shape index (κ2) is 5.72. The molecule has 1 heterocycles. The molecule has 0 aromatic heterocycles. The van der Waals surface area contributed by atoms with Crippen LogP contribution >= 0.6 is 11.6 Å². The van der Waals surface area contributed by atoms with Crippen molar-refractivity contribution in [2.24, 2.45) is 0 Å². The van der Waals surface area contributed by atoms with E-state index in [9.17, 15) is 21.6 Å². The van der Waals surface area contributed by atoms with Crippen molar-refractivity contribution < 1.29 is 21.6 Å². The van der Waals surface area contributed by atoms with Crippen molar-refractivity contribution in [2.45, 2.75) is 17.7 Å². The van der Waals surface area contributed by atoms with Crippen LogP contribution in [0.3, 0.4) is 0 Å². The van der Waals surface area contributed by atoms with Crippen LogP contribution in [0.2, 0.25) is 5.02 Å². The third-order valence-electron chi connectivity index (χ3n) is 3.63. The summed E-state index contributed by atoms with van der Waals surface area (Å²) < 4.78 is 67.6. The van der Waals surface area contributed by atoms with Crippen molar-refractivity contribution >= 4 is 27.3 Å². The van der Waals surface area contributed by atoms with Gasteiger partial charge >= 0.3 is 0 Å². The van der Waals surface area contributed by atoms with Gasteiger partial charge in [-0.2, -0.15) is 0 Å². The third kappa shape index (κ3) is 2.79.